The van der Waals surface area contributed by atoms with Gasteiger partial charge < -0.3 is 4.90 Å². The summed E-state index contributed by atoms with van der Waals surface area (Å²) in [5.74, 6) is 1.89. The summed E-state index contributed by atoms with van der Waals surface area (Å²) in [6, 6.07) is 0. The van der Waals surface area contributed by atoms with Gasteiger partial charge >= 0.3 is 0 Å². The van der Waals surface area contributed by atoms with E-state index in [9.17, 15) is 0 Å². The first-order valence-corrected chi connectivity index (χ1v) is 4.48. The topological polar surface area (TPSA) is 3.24 Å². The Balaban J connectivity index is 2.05. The third-order valence-electron chi connectivity index (χ3n) is 3.25. The fraction of sp³-hybridized carbons (Fsp3) is 0.600. The highest BCUT2D eigenvalue weighted by atomic mass is 15.1. The molecule has 0 N–H and O–H groups in total. The smallest absolute Gasteiger partial charge is 0.0356 e. The van der Waals surface area contributed by atoms with Gasteiger partial charge in [0.05, 0.1) is 0 Å². The molecular formula is C10H13N. The molecule has 0 bridgehead atoms. The minimum atomic E-state index is 0.931. The molecule has 2 unspecified atom stereocenters. The Hall–Kier alpha value is -0.720. The Bertz CT molecular complexity index is 262. The number of rotatable bonds is 0. The molecule has 11 heavy (non-hydrogen) atoms. The first-order valence-electron chi connectivity index (χ1n) is 4.48. The molecule has 0 spiro atoms. The molecule has 58 valence electrons. The SMILES string of the molecule is CN1CCC2=C1C=CC1CC21. The molecule has 1 fully saturated rings. The van der Waals surface area contributed by atoms with E-state index in [4.69, 9.17) is 0 Å². The number of fused-ring (bicyclic) bond motifs is 2. The lowest BCUT2D eigenvalue weighted by Crippen LogP contribution is -2.11. The second-order valence-electron chi connectivity index (χ2n) is 3.95. The quantitative estimate of drug-likeness (QED) is 0.505. The van der Waals surface area contributed by atoms with Crippen molar-refractivity contribution in [2.24, 2.45) is 11.8 Å². The molecule has 1 aliphatic heterocycles. The van der Waals surface area contributed by atoms with Crippen LogP contribution in [0.3, 0.4) is 0 Å². The number of hydrogen-bond acceptors (Lipinski definition) is 1. The van der Waals surface area contributed by atoms with Crippen molar-refractivity contribution in [2.75, 3.05) is 13.6 Å². The zero-order valence-corrected chi connectivity index (χ0v) is 6.88. The van der Waals surface area contributed by atoms with Crippen molar-refractivity contribution < 1.29 is 0 Å². The predicted molar refractivity (Wildman–Crippen MR) is 45.0 cm³/mol. The molecule has 1 saturated carbocycles. The number of hydrogen-bond donors (Lipinski definition) is 0. The van der Waals surface area contributed by atoms with Gasteiger partial charge in [0.15, 0.2) is 0 Å². The van der Waals surface area contributed by atoms with Crippen molar-refractivity contribution in [3.8, 4) is 0 Å². The first-order chi connectivity index (χ1) is 5.36. The van der Waals surface area contributed by atoms with E-state index >= 15 is 0 Å². The van der Waals surface area contributed by atoms with Gasteiger partial charge in [-0.05, 0) is 36.3 Å². The molecule has 0 aromatic rings. The monoisotopic (exact) mass is 147 g/mol. The summed E-state index contributed by atoms with van der Waals surface area (Å²) < 4.78 is 0. The van der Waals surface area contributed by atoms with Gasteiger partial charge in [0.1, 0.15) is 0 Å². The Labute approximate surface area is 67.4 Å². The normalized spacial score (nSPS) is 39.2. The average Bonchev–Trinajstić information content (AvgIpc) is 2.71. The maximum atomic E-state index is 2.39. The van der Waals surface area contributed by atoms with E-state index < -0.39 is 0 Å². The van der Waals surface area contributed by atoms with Crippen LogP contribution in [0.2, 0.25) is 0 Å². The molecule has 1 nitrogen and oxygen atoms in total. The molecule has 0 radical (unpaired) electrons. The first kappa shape index (κ1) is 5.87. The zero-order valence-electron chi connectivity index (χ0n) is 6.88. The summed E-state index contributed by atoms with van der Waals surface area (Å²) in [6.07, 6.45) is 7.49. The molecule has 0 aromatic carbocycles. The Morgan fingerprint density at radius 3 is 3.36 bits per heavy atom. The lowest BCUT2D eigenvalue weighted by atomic mass is 10.0. The molecule has 1 heteroatoms. The van der Waals surface area contributed by atoms with Gasteiger partial charge in [-0.25, -0.2) is 0 Å². The summed E-state index contributed by atoms with van der Waals surface area (Å²) in [7, 11) is 2.20. The second-order valence-corrected chi connectivity index (χ2v) is 3.95. The van der Waals surface area contributed by atoms with Crippen LogP contribution in [0.5, 0.6) is 0 Å². The van der Waals surface area contributed by atoms with Crippen molar-refractivity contribution in [1.29, 1.82) is 0 Å². The van der Waals surface area contributed by atoms with Crippen molar-refractivity contribution in [3.63, 3.8) is 0 Å². The largest absolute Gasteiger partial charge is 0.374 e. The van der Waals surface area contributed by atoms with Crippen molar-refractivity contribution in [3.05, 3.63) is 23.4 Å². The third-order valence-corrected chi connectivity index (χ3v) is 3.25. The van der Waals surface area contributed by atoms with E-state index in [0.29, 0.717) is 0 Å². The van der Waals surface area contributed by atoms with E-state index in [-0.39, 0.29) is 0 Å². The Morgan fingerprint density at radius 1 is 1.55 bits per heavy atom. The predicted octanol–water partition coefficient (Wildman–Crippen LogP) is 1.78. The van der Waals surface area contributed by atoms with Crippen molar-refractivity contribution >= 4 is 0 Å². The Morgan fingerprint density at radius 2 is 2.45 bits per heavy atom. The van der Waals surface area contributed by atoms with Crippen LogP contribution in [0.4, 0.5) is 0 Å². The zero-order chi connectivity index (χ0) is 7.42. The van der Waals surface area contributed by atoms with Gasteiger partial charge in [0.25, 0.3) is 0 Å². The minimum Gasteiger partial charge on any atom is -0.374 e. The number of allylic oxidation sites excluding steroid dienone is 2. The Kier molecular flexibility index (Phi) is 0.913. The van der Waals surface area contributed by atoms with Crippen LogP contribution < -0.4 is 0 Å². The molecule has 2 aliphatic carbocycles. The van der Waals surface area contributed by atoms with Crippen molar-refractivity contribution in [1.82, 2.24) is 4.90 Å². The maximum absolute atomic E-state index is 2.39. The van der Waals surface area contributed by atoms with Gasteiger partial charge in [-0.2, -0.15) is 0 Å². The summed E-state index contributed by atoms with van der Waals surface area (Å²) in [6.45, 7) is 1.25. The summed E-state index contributed by atoms with van der Waals surface area (Å²) in [5.41, 5.74) is 3.28. The molecule has 0 aromatic heterocycles. The third kappa shape index (κ3) is 0.661. The molecule has 0 saturated heterocycles. The molecule has 1 heterocycles. The lowest BCUT2D eigenvalue weighted by molar-refractivity contribution is 0.471. The second kappa shape index (κ2) is 1.71. The fourth-order valence-electron chi connectivity index (χ4n) is 2.43. The molecule has 2 atom stereocenters. The van der Waals surface area contributed by atoms with Gasteiger partial charge in [-0.1, -0.05) is 6.08 Å². The average molecular weight is 147 g/mol. The van der Waals surface area contributed by atoms with E-state index in [1.165, 1.54) is 25.1 Å². The molecule has 0 amide bonds. The van der Waals surface area contributed by atoms with Crippen LogP contribution in [0.1, 0.15) is 12.8 Å². The van der Waals surface area contributed by atoms with E-state index in [0.717, 1.165) is 11.8 Å². The van der Waals surface area contributed by atoms with Gasteiger partial charge in [-0.15, -0.1) is 0 Å². The molecular weight excluding hydrogens is 134 g/mol. The van der Waals surface area contributed by atoms with Crippen LogP contribution in [-0.4, -0.2) is 18.5 Å². The van der Waals surface area contributed by atoms with Crippen LogP contribution in [0.25, 0.3) is 0 Å². The van der Waals surface area contributed by atoms with Crippen LogP contribution in [0, 0.1) is 11.8 Å². The van der Waals surface area contributed by atoms with Crippen LogP contribution in [-0.2, 0) is 0 Å². The van der Waals surface area contributed by atoms with Crippen molar-refractivity contribution in [2.45, 2.75) is 12.8 Å². The summed E-state index contributed by atoms with van der Waals surface area (Å²) in [5, 5.41) is 0. The summed E-state index contributed by atoms with van der Waals surface area (Å²) in [4.78, 5) is 2.39. The number of nitrogens with zero attached hydrogens (tertiary/aromatic N) is 1. The highest BCUT2D eigenvalue weighted by Crippen LogP contribution is 2.52. The van der Waals surface area contributed by atoms with E-state index in [1.807, 2.05) is 0 Å². The minimum absolute atomic E-state index is 0.931. The molecule has 3 aliphatic rings. The fourth-order valence-corrected chi connectivity index (χ4v) is 2.43. The number of likely N-dealkylation sites (N-methyl/N-ethyl adjacent to an activating group) is 1. The van der Waals surface area contributed by atoms with Gasteiger partial charge in [0, 0.05) is 19.3 Å². The maximum Gasteiger partial charge on any atom is 0.0356 e. The van der Waals surface area contributed by atoms with E-state index in [1.54, 1.807) is 5.57 Å². The van der Waals surface area contributed by atoms with Crippen LogP contribution >= 0.6 is 0 Å². The highest BCUT2D eigenvalue weighted by Gasteiger charge is 2.43. The van der Waals surface area contributed by atoms with E-state index in [2.05, 4.69) is 24.1 Å². The lowest BCUT2D eigenvalue weighted by Gasteiger charge is -2.14. The highest BCUT2D eigenvalue weighted by molar-refractivity contribution is 5.39. The standard InChI is InChI=1S/C10H13N/c1-11-5-4-8-9-6-7(9)2-3-10(8)11/h2-3,7,9H,4-6H2,1H3. The van der Waals surface area contributed by atoms with Gasteiger partial charge in [0.2, 0.25) is 0 Å². The summed E-state index contributed by atoms with van der Waals surface area (Å²) >= 11 is 0. The molecule has 3 rings (SSSR count). The van der Waals surface area contributed by atoms with Crippen LogP contribution in [0.15, 0.2) is 23.4 Å². The van der Waals surface area contributed by atoms with Gasteiger partial charge in [-0.3, -0.25) is 0 Å².